The summed E-state index contributed by atoms with van der Waals surface area (Å²) in [7, 11) is -2.85. The number of sulfonamides is 1. The number of rotatable bonds is 3. The summed E-state index contributed by atoms with van der Waals surface area (Å²) in [5.74, 6) is -0.258. The highest BCUT2D eigenvalue weighted by molar-refractivity contribution is 7.89. The van der Waals surface area contributed by atoms with Crippen LogP contribution in [0.15, 0.2) is 29.2 Å². The van der Waals surface area contributed by atoms with Gasteiger partial charge in [0, 0.05) is 26.1 Å². The molecule has 0 saturated carbocycles. The van der Waals surface area contributed by atoms with Crippen LogP contribution >= 0.6 is 0 Å². The molecule has 1 aromatic carbocycles. The van der Waals surface area contributed by atoms with Crippen molar-refractivity contribution in [1.82, 2.24) is 9.62 Å². The highest BCUT2D eigenvalue weighted by Gasteiger charge is 2.38. The first kappa shape index (κ1) is 15.8. The van der Waals surface area contributed by atoms with Gasteiger partial charge < -0.3 is 4.90 Å². The average Bonchev–Trinajstić information content (AvgIpc) is 2.66. The molecule has 21 heavy (non-hydrogen) atoms. The second kappa shape index (κ2) is 5.30. The van der Waals surface area contributed by atoms with Gasteiger partial charge in [0.05, 0.1) is 10.5 Å². The molecule has 2 rings (SSSR count). The predicted molar refractivity (Wildman–Crippen MR) is 67.8 cm³/mol. The van der Waals surface area contributed by atoms with E-state index in [1.54, 1.807) is 0 Å². The van der Waals surface area contributed by atoms with E-state index < -0.39 is 32.7 Å². The van der Waals surface area contributed by atoms with Crippen molar-refractivity contribution in [2.24, 2.45) is 0 Å². The Morgan fingerprint density at radius 2 is 1.90 bits per heavy atom. The number of nitrogens with one attached hydrogen (secondary N) is 1. The van der Waals surface area contributed by atoms with Crippen LogP contribution in [0.1, 0.15) is 12.0 Å². The molecule has 0 aliphatic carbocycles. The fourth-order valence-electron chi connectivity index (χ4n) is 2.16. The van der Waals surface area contributed by atoms with Crippen molar-refractivity contribution in [2.45, 2.75) is 23.5 Å². The van der Waals surface area contributed by atoms with Crippen LogP contribution < -0.4 is 4.72 Å². The summed E-state index contributed by atoms with van der Waals surface area (Å²) in [5, 5.41) is 0. The number of carbonyl (C=O) groups is 1. The molecule has 0 bridgehead atoms. The Morgan fingerprint density at radius 1 is 1.29 bits per heavy atom. The monoisotopic (exact) mass is 322 g/mol. The number of likely N-dealkylation sites (N-methyl/N-ethyl adjacent to an activating group) is 1. The number of hydrogen-bond acceptors (Lipinski definition) is 3. The molecule has 1 amide bonds. The average molecular weight is 322 g/mol. The van der Waals surface area contributed by atoms with Gasteiger partial charge in [-0.05, 0) is 12.1 Å². The minimum Gasteiger partial charge on any atom is -0.344 e. The molecule has 1 saturated heterocycles. The van der Waals surface area contributed by atoms with Crippen LogP contribution in [-0.2, 0) is 21.0 Å². The van der Waals surface area contributed by atoms with E-state index in [0.29, 0.717) is 6.07 Å². The summed E-state index contributed by atoms with van der Waals surface area (Å²) in [6.07, 6.45) is -4.84. The van der Waals surface area contributed by atoms with E-state index in [2.05, 4.69) is 4.72 Å². The number of amides is 1. The lowest BCUT2D eigenvalue weighted by atomic mass is 10.2. The smallest absolute Gasteiger partial charge is 0.344 e. The summed E-state index contributed by atoms with van der Waals surface area (Å²) in [6.45, 7) is 0.131. The minimum absolute atomic E-state index is 0.0656. The number of benzene rings is 1. The maximum atomic E-state index is 12.9. The van der Waals surface area contributed by atoms with Crippen molar-refractivity contribution in [3.8, 4) is 0 Å². The van der Waals surface area contributed by atoms with Gasteiger partial charge in [-0.2, -0.15) is 13.2 Å². The second-order valence-corrected chi connectivity index (χ2v) is 6.47. The fraction of sp³-hybridized carbons (Fsp3) is 0.417. The molecule has 9 heteroatoms. The number of carbonyl (C=O) groups excluding carboxylic acids is 1. The molecule has 0 radical (unpaired) electrons. The molecule has 116 valence electrons. The maximum Gasteiger partial charge on any atom is 0.417 e. The number of nitrogens with zero attached hydrogens (tertiary/aromatic N) is 1. The zero-order chi connectivity index (χ0) is 15.8. The molecule has 1 atom stereocenters. The predicted octanol–water partition coefficient (Wildman–Crippen LogP) is 1.21. The van der Waals surface area contributed by atoms with Gasteiger partial charge in [0.2, 0.25) is 15.9 Å². The Labute approximate surface area is 119 Å². The molecule has 0 spiro atoms. The SMILES string of the molecule is CN1CC(NS(=O)(=O)c2ccccc2C(F)(F)F)CC1=O. The van der Waals surface area contributed by atoms with Crippen LogP contribution in [0.5, 0.6) is 0 Å². The zero-order valence-electron chi connectivity index (χ0n) is 11.0. The minimum atomic E-state index is -4.77. The van der Waals surface area contributed by atoms with Crippen LogP contribution in [-0.4, -0.2) is 38.9 Å². The molecule has 1 fully saturated rings. The molecule has 0 aromatic heterocycles. The second-order valence-electron chi connectivity index (χ2n) is 4.79. The van der Waals surface area contributed by atoms with Gasteiger partial charge >= 0.3 is 6.18 Å². The van der Waals surface area contributed by atoms with E-state index in [4.69, 9.17) is 0 Å². The van der Waals surface area contributed by atoms with Crippen LogP contribution in [0.4, 0.5) is 13.2 Å². The summed E-state index contributed by atoms with van der Waals surface area (Å²) in [4.78, 5) is 11.8. The molecule has 1 N–H and O–H groups in total. The van der Waals surface area contributed by atoms with E-state index in [-0.39, 0.29) is 18.9 Å². The standard InChI is InChI=1S/C12H13F3N2O3S/c1-17-7-8(6-11(17)18)16-21(19,20)10-5-3-2-4-9(10)12(13,14)15/h2-5,8,16H,6-7H2,1H3. The Hall–Kier alpha value is -1.61. The topological polar surface area (TPSA) is 66.5 Å². The van der Waals surface area contributed by atoms with E-state index in [9.17, 15) is 26.4 Å². The van der Waals surface area contributed by atoms with Crippen molar-refractivity contribution < 1.29 is 26.4 Å². The van der Waals surface area contributed by atoms with Gasteiger partial charge in [-0.3, -0.25) is 4.79 Å². The van der Waals surface area contributed by atoms with E-state index in [1.807, 2.05) is 0 Å². The van der Waals surface area contributed by atoms with E-state index in [0.717, 1.165) is 12.1 Å². The van der Waals surface area contributed by atoms with Crippen molar-refractivity contribution >= 4 is 15.9 Å². The molecule has 1 aliphatic heterocycles. The highest BCUT2D eigenvalue weighted by Crippen LogP contribution is 2.34. The molecule has 1 unspecified atom stereocenters. The molecule has 5 nitrogen and oxygen atoms in total. The Balaban J connectivity index is 2.31. The Bertz CT molecular complexity index is 658. The van der Waals surface area contributed by atoms with Crippen molar-refractivity contribution in [3.05, 3.63) is 29.8 Å². The third-order valence-electron chi connectivity index (χ3n) is 3.14. The number of halogens is 3. The van der Waals surface area contributed by atoms with E-state index in [1.165, 1.54) is 18.0 Å². The van der Waals surface area contributed by atoms with Gasteiger partial charge in [-0.1, -0.05) is 12.1 Å². The van der Waals surface area contributed by atoms with Crippen LogP contribution in [0.2, 0.25) is 0 Å². The van der Waals surface area contributed by atoms with Gasteiger partial charge in [0.25, 0.3) is 0 Å². The normalized spacial score (nSPS) is 20.1. The molecule has 1 aromatic rings. The van der Waals surface area contributed by atoms with Crippen LogP contribution in [0.25, 0.3) is 0 Å². The van der Waals surface area contributed by atoms with Gasteiger partial charge in [-0.15, -0.1) is 0 Å². The lowest BCUT2D eigenvalue weighted by Gasteiger charge is -2.16. The molecular formula is C12H13F3N2O3S. The molecule has 1 aliphatic rings. The van der Waals surface area contributed by atoms with Crippen molar-refractivity contribution in [3.63, 3.8) is 0 Å². The van der Waals surface area contributed by atoms with Crippen molar-refractivity contribution in [1.29, 1.82) is 0 Å². The summed E-state index contributed by atoms with van der Waals surface area (Å²) < 4.78 is 65.0. The number of likely N-dealkylation sites (tertiary alicyclic amines) is 1. The lowest BCUT2D eigenvalue weighted by Crippen LogP contribution is -2.37. The number of hydrogen-bond donors (Lipinski definition) is 1. The molecule has 1 heterocycles. The Kier molecular flexibility index (Phi) is 3.98. The van der Waals surface area contributed by atoms with Crippen LogP contribution in [0.3, 0.4) is 0 Å². The Morgan fingerprint density at radius 3 is 2.43 bits per heavy atom. The van der Waals surface area contributed by atoms with E-state index >= 15 is 0 Å². The van der Waals surface area contributed by atoms with Gasteiger partial charge in [0.15, 0.2) is 0 Å². The van der Waals surface area contributed by atoms with Crippen LogP contribution in [0, 0.1) is 0 Å². The lowest BCUT2D eigenvalue weighted by molar-refractivity contribution is -0.139. The number of alkyl halides is 3. The third kappa shape index (κ3) is 3.35. The maximum absolute atomic E-state index is 12.9. The first-order valence-corrected chi connectivity index (χ1v) is 7.52. The van der Waals surface area contributed by atoms with Crippen molar-refractivity contribution in [2.75, 3.05) is 13.6 Å². The molecular weight excluding hydrogens is 309 g/mol. The zero-order valence-corrected chi connectivity index (χ0v) is 11.8. The highest BCUT2D eigenvalue weighted by atomic mass is 32.2. The summed E-state index contributed by atoms with van der Waals surface area (Å²) >= 11 is 0. The van der Waals surface area contributed by atoms with Gasteiger partial charge in [0.1, 0.15) is 0 Å². The summed E-state index contributed by atoms with van der Waals surface area (Å²) in [5.41, 5.74) is -1.23. The van der Waals surface area contributed by atoms with Gasteiger partial charge in [-0.25, -0.2) is 13.1 Å². The third-order valence-corrected chi connectivity index (χ3v) is 4.72. The first-order valence-electron chi connectivity index (χ1n) is 6.04. The first-order chi connectivity index (χ1) is 9.61. The fourth-order valence-corrected chi connectivity index (χ4v) is 3.62. The quantitative estimate of drug-likeness (QED) is 0.910. The summed E-state index contributed by atoms with van der Waals surface area (Å²) in [6, 6.07) is 3.21. The largest absolute Gasteiger partial charge is 0.417 e.